The second-order valence-electron chi connectivity index (χ2n) is 5.96. The zero-order valence-electron chi connectivity index (χ0n) is 16.6. The number of allylic oxidation sites excluding steroid dienone is 1. The molecule has 0 fully saturated rings. The number of benzene rings is 2. The van der Waals surface area contributed by atoms with Crippen LogP contribution in [0.1, 0.15) is 15.4 Å². The topological polar surface area (TPSA) is 93.5 Å². The van der Waals surface area contributed by atoms with Gasteiger partial charge in [0.25, 0.3) is 0 Å². The molecule has 0 saturated heterocycles. The molecule has 1 N–H and O–H groups in total. The fraction of sp³-hybridized carbons (Fsp3) is 0.136. The Bertz CT molecular complexity index is 1130. The van der Waals surface area contributed by atoms with Gasteiger partial charge < -0.3 is 19.5 Å². The maximum Gasteiger partial charge on any atom is 0.339 e. The minimum atomic E-state index is -0.463. The van der Waals surface area contributed by atoms with E-state index >= 15 is 0 Å². The number of nitrogens with zero attached hydrogens (tertiary/aromatic N) is 2. The summed E-state index contributed by atoms with van der Waals surface area (Å²) in [6, 6.07) is 14.6. The van der Waals surface area contributed by atoms with Gasteiger partial charge >= 0.3 is 5.97 Å². The largest absolute Gasteiger partial charge is 0.493 e. The van der Waals surface area contributed by atoms with E-state index in [4.69, 9.17) is 14.2 Å². The first-order valence-corrected chi connectivity index (χ1v) is 9.71. The number of nitriles is 1. The molecule has 0 aliphatic heterocycles. The number of hydrogen-bond acceptors (Lipinski definition) is 8. The van der Waals surface area contributed by atoms with Gasteiger partial charge in [-0.25, -0.2) is 9.78 Å². The molecular weight excluding hydrogens is 402 g/mol. The molecule has 0 saturated carbocycles. The molecule has 0 aliphatic rings. The van der Waals surface area contributed by atoms with Crippen LogP contribution in [0, 0.1) is 11.3 Å². The third kappa shape index (κ3) is 4.42. The van der Waals surface area contributed by atoms with Crippen molar-refractivity contribution < 1.29 is 19.0 Å². The molecule has 30 heavy (non-hydrogen) atoms. The number of methoxy groups -OCH3 is 3. The van der Waals surface area contributed by atoms with Gasteiger partial charge in [0.1, 0.15) is 16.6 Å². The summed E-state index contributed by atoms with van der Waals surface area (Å²) < 4.78 is 15.4. The van der Waals surface area contributed by atoms with Crippen molar-refractivity contribution in [2.24, 2.45) is 0 Å². The van der Waals surface area contributed by atoms with Gasteiger partial charge in [0.15, 0.2) is 11.5 Å². The lowest BCUT2D eigenvalue weighted by Crippen LogP contribution is -2.05. The highest BCUT2D eigenvalue weighted by Gasteiger charge is 2.13. The highest BCUT2D eigenvalue weighted by Crippen LogP contribution is 2.33. The molecule has 0 unspecified atom stereocenters. The van der Waals surface area contributed by atoms with Crippen molar-refractivity contribution in [1.29, 1.82) is 5.26 Å². The smallest absolute Gasteiger partial charge is 0.339 e. The number of ether oxygens (including phenoxy) is 3. The second kappa shape index (κ2) is 9.58. The number of aromatic nitrogens is 1. The Balaban J connectivity index is 1.87. The number of rotatable bonds is 7. The molecule has 0 amide bonds. The zero-order chi connectivity index (χ0) is 21.5. The number of esters is 1. The van der Waals surface area contributed by atoms with Gasteiger partial charge in [0.05, 0.1) is 38.3 Å². The van der Waals surface area contributed by atoms with Crippen LogP contribution in [0.5, 0.6) is 11.5 Å². The van der Waals surface area contributed by atoms with Crippen LogP contribution >= 0.6 is 11.3 Å². The van der Waals surface area contributed by atoms with Gasteiger partial charge in [0, 0.05) is 17.1 Å². The highest BCUT2D eigenvalue weighted by molar-refractivity contribution is 7.11. The van der Waals surface area contributed by atoms with Crippen molar-refractivity contribution in [2.75, 3.05) is 26.6 Å². The number of hydrogen-bond donors (Lipinski definition) is 1. The maximum atomic E-state index is 11.9. The van der Waals surface area contributed by atoms with Gasteiger partial charge in [-0.15, -0.1) is 11.3 Å². The van der Waals surface area contributed by atoms with Crippen LogP contribution in [-0.4, -0.2) is 32.3 Å². The third-order valence-electron chi connectivity index (χ3n) is 4.24. The standard InChI is InChI=1S/C22H19N3O4S/c1-27-19-9-8-14(10-20(19)28-2)18-13-30-21(25-18)15(11-23)12-24-17-7-5-4-6-16(17)22(26)29-3/h4-10,12-13,24H,1-3H3/b15-12+. The summed E-state index contributed by atoms with van der Waals surface area (Å²) in [6.45, 7) is 0. The van der Waals surface area contributed by atoms with Crippen molar-refractivity contribution in [2.45, 2.75) is 0 Å². The van der Waals surface area contributed by atoms with Gasteiger partial charge in [-0.1, -0.05) is 12.1 Å². The quantitative estimate of drug-likeness (QED) is 0.440. The van der Waals surface area contributed by atoms with E-state index in [0.717, 1.165) is 5.56 Å². The van der Waals surface area contributed by atoms with Crippen LogP contribution in [0.2, 0.25) is 0 Å². The molecule has 0 bridgehead atoms. The van der Waals surface area contributed by atoms with Crippen molar-refractivity contribution in [3.8, 4) is 28.8 Å². The van der Waals surface area contributed by atoms with Crippen LogP contribution in [0.4, 0.5) is 5.69 Å². The van der Waals surface area contributed by atoms with Crippen molar-refractivity contribution in [3.05, 3.63) is 64.6 Å². The fourth-order valence-electron chi connectivity index (χ4n) is 2.71. The molecular formula is C22H19N3O4S. The minimum Gasteiger partial charge on any atom is -0.493 e. The number of anilines is 1. The van der Waals surface area contributed by atoms with Crippen LogP contribution in [0.15, 0.2) is 54.0 Å². The molecule has 7 nitrogen and oxygen atoms in total. The van der Waals surface area contributed by atoms with Gasteiger partial charge in [-0.2, -0.15) is 5.26 Å². The SMILES string of the molecule is COC(=O)c1ccccc1N/C=C(\C#N)c1nc(-c2ccc(OC)c(OC)c2)cs1. The van der Waals surface area contributed by atoms with Gasteiger partial charge in [-0.05, 0) is 30.3 Å². The number of thiazole rings is 1. The summed E-state index contributed by atoms with van der Waals surface area (Å²) in [5, 5.41) is 15.0. The Hall–Kier alpha value is -3.83. The van der Waals surface area contributed by atoms with E-state index in [9.17, 15) is 10.1 Å². The van der Waals surface area contributed by atoms with E-state index in [1.165, 1.54) is 24.6 Å². The number of carbonyl (C=O) groups is 1. The predicted molar refractivity (Wildman–Crippen MR) is 116 cm³/mol. The summed E-state index contributed by atoms with van der Waals surface area (Å²) in [7, 11) is 4.47. The Kier molecular flexibility index (Phi) is 6.67. The summed E-state index contributed by atoms with van der Waals surface area (Å²) in [4.78, 5) is 16.5. The third-order valence-corrected chi connectivity index (χ3v) is 5.11. The molecule has 152 valence electrons. The summed E-state index contributed by atoms with van der Waals surface area (Å²) in [6.07, 6.45) is 1.53. The molecule has 1 aromatic heterocycles. The Labute approximate surface area is 178 Å². The van der Waals surface area contributed by atoms with Gasteiger partial charge in [-0.3, -0.25) is 0 Å². The Morgan fingerprint density at radius 1 is 1.13 bits per heavy atom. The number of nitrogens with one attached hydrogen (secondary N) is 1. The highest BCUT2D eigenvalue weighted by atomic mass is 32.1. The van der Waals surface area contributed by atoms with Crippen LogP contribution in [0.3, 0.4) is 0 Å². The molecule has 1 heterocycles. The molecule has 0 aliphatic carbocycles. The molecule has 3 aromatic rings. The maximum absolute atomic E-state index is 11.9. The minimum absolute atomic E-state index is 0.339. The Morgan fingerprint density at radius 2 is 1.90 bits per heavy atom. The van der Waals surface area contributed by atoms with E-state index in [1.54, 1.807) is 44.6 Å². The predicted octanol–water partition coefficient (Wildman–Crippen LogP) is 4.59. The molecule has 0 atom stereocenters. The monoisotopic (exact) mass is 421 g/mol. The summed E-state index contributed by atoms with van der Waals surface area (Å²) in [5.74, 6) is 0.763. The van der Waals surface area contributed by atoms with Crippen LogP contribution < -0.4 is 14.8 Å². The molecule has 2 aromatic carbocycles. The normalized spacial score (nSPS) is 10.8. The second-order valence-corrected chi connectivity index (χ2v) is 6.82. The van der Waals surface area contributed by atoms with E-state index in [2.05, 4.69) is 16.4 Å². The van der Waals surface area contributed by atoms with Crippen molar-refractivity contribution >= 4 is 28.6 Å². The van der Waals surface area contributed by atoms with Crippen molar-refractivity contribution in [1.82, 2.24) is 4.98 Å². The summed E-state index contributed by atoms with van der Waals surface area (Å²) >= 11 is 1.35. The van der Waals surface area contributed by atoms with E-state index in [1.807, 2.05) is 17.5 Å². The zero-order valence-corrected chi connectivity index (χ0v) is 17.4. The molecule has 8 heteroatoms. The molecule has 3 rings (SSSR count). The fourth-order valence-corrected chi connectivity index (χ4v) is 3.51. The number of para-hydroxylation sites is 1. The van der Waals surface area contributed by atoms with Gasteiger partial charge in [0.2, 0.25) is 0 Å². The first kappa shape index (κ1) is 20.9. The lowest BCUT2D eigenvalue weighted by molar-refractivity contribution is 0.0602. The molecule has 0 radical (unpaired) electrons. The molecule has 0 spiro atoms. The van der Waals surface area contributed by atoms with Crippen molar-refractivity contribution in [3.63, 3.8) is 0 Å². The lowest BCUT2D eigenvalue weighted by Gasteiger charge is -2.08. The van der Waals surface area contributed by atoms with E-state index in [-0.39, 0.29) is 0 Å². The summed E-state index contributed by atoms with van der Waals surface area (Å²) in [5.41, 5.74) is 2.81. The van der Waals surface area contributed by atoms with E-state index < -0.39 is 5.97 Å². The first-order chi connectivity index (χ1) is 14.6. The van der Waals surface area contributed by atoms with Crippen LogP contribution in [-0.2, 0) is 4.74 Å². The average Bonchev–Trinajstić information content (AvgIpc) is 3.28. The average molecular weight is 421 g/mol. The number of carbonyl (C=O) groups excluding carboxylic acids is 1. The lowest BCUT2D eigenvalue weighted by atomic mass is 10.1. The van der Waals surface area contributed by atoms with E-state index in [0.29, 0.717) is 39.0 Å². The first-order valence-electron chi connectivity index (χ1n) is 8.83. The Morgan fingerprint density at radius 3 is 2.60 bits per heavy atom. The van der Waals surface area contributed by atoms with Crippen LogP contribution in [0.25, 0.3) is 16.8 Å².